The number of carbonyl (C=O) groups is 1. The summed E-state index contributed by atoms with van der Waals surface area (Å²) in [6.45, 7) is 3.23. The molecule has 2 aromatic carbocycles. The summed E-state index contributed by atoms with van der Waals surface area (Å²) in [5.74, 6) is 1.17. The number of para-hydroxylation sites is 1. The second-order valence-corrected chi connectivity index (χ2v) is 6.59. The summed E-state index contributed by atoms with van der Waals surface area (Å²) in [5, 5.41) is 0.954. The van der Waals surface area contributed by atoms with Gasteiger partial charge in [0.15, 0.2) is 11.0 Å². The molecule has 0 atom stereocenters. The lowest BCUT2D eigenvalue weighted by atomic mass is 10.1. The largest absolute Gasteiger partial charge is 0.313 e. The van der Waals surface area contributed by atoms with E-state index in [2.05, 4.69) is 28.9 Å². The van der Waals surface area contributed by atoms with Crippen LogP contribution in [0.5, 0.6) is 0 Å². The summed E-state index contributed by atoms with van der Waals surface area (Å²) in [7, 11) is 0. The second kappa shape index (κ2) is 9.04. The lowest BCUT2D eigenvalue weighted by Gasteiger charge is -2.28. The van der Waals surface area contributed by atoms with E-state index < -0.39 is 0 Å². The molecule has 0 fully saturated rings. The molecule has 0 saturated heterocycles. The number of amidine groups is 1. The number of anilines is 1. The number of nitrogens with zero attached hydrogens (tertiary/aromatic N) is 2. The Kier molecular flexibility index (Phi) is 7.06. The van der Waals surface area contributed by atoms with Crippen LogP contribution in [0.25, 0.3) is 0 Å². The van der Waals surface area contributed by atoms with Gasteiger partial charge in [-0.25, -0.2) is 0 Å². The predicted molar refractivity (Wildman–Crippen MR) is 109 cm³/mol. The van der Waals surface area contributed by atoms with Gasteiger partial charge in [-0.3, -0.25) is 9.79 Å². The highest BCUT2D eigenvalue weighted by Crippen LogP contribution is 2.26. The Bertz CT molecular complexity index is 718. The topological polar surface area (TPSA) is 32.7 Å². The van der Waals surface area contributed by atoms with Crippen LogP contribution >= 0.6 is 28.7 Å². The fourth-order valence-corrected chi connectivity index (χ4v) is 3.55. The molecule has 0 saturated carbocycles. The van der Waals surface area contributed by atoms with E-state index in [-0.39, 0.29) is 22.8 Å². The molecule has 0 amide bonds. The highest BCUT2D eigenvalue weighted by molar-refractivity contribution is 8.93. The first-order chi connectivity index (χ1) is 11.3. The molecule has 0 aliphatic carbocycles. The summed E-state index contributed by atoms with van der Waals surface area (Å²) in [5.41, 5.74) is 2.96. The molecule has 0 radical (unpaired) electrons. The molecular weight excluding hydrogens is 384 g/mol. The number of halogens is 1. The Labute approximate surface area is 157 Å². The quantitative estimate of drug-likeness (QED) is 0.688. The minimum atomic E-state index is 0. The van der Waals surface area contributed by atoms with Gasteiger partial charge in [-0.05, 0) is 25.0 Å². The molecular formula is C19H21BrN2OS. The molecule has 0 bridgehead atoms. The summed E-state index contributed by atoms with van der Waals surface area (Å²) in [6.07, 6.45) is 1.10. The van der Waals surface area contributed by atoms with Crippen molar-refractivity contribution >= 4 is 45.4 Å². The minimum Gasteiger partial charge on any atom is -0.313 e. The van der Waals surface area contributed by atoms with Gasteiger partial charge in [-0.1, -0.05) is 60.3 Å². The van der Waals surface area contributed by atoms with Crippen LogP contribution in [0.3, 0.4) is 0 Å². The molecule has 2 aromatic rings. The monoisotopic (exact) mass is 404 g/mol. The first-order valence-electron chi connectivity index (χ1n) is 7.84. The van der Waals surface area contributed by atoms with Crippen molar-refractivity contribution in [2.45, 2.75) is 13.3 Å². The molecule has 1 aliphatic heterocycles. The summed E-state index contributed by atoms with van der Waals surface area (Å²) in [6, 6.07) is 17.6. The first kappa shape index (κ1) is 18.7. The first-order valence-corrected chi connectivity index (χ1v) is 8.83. The van der Waals surface area contributed by atoms with Crippen LogP contribution in [0.2, 0.25) is 0 Å². The maximum Gasteiger partial charge on any atom is 0.182 e. The van der Waals surface area contributed by atoms with Crippen molar-refractivity contribution < 1.29 is 4.79 Å². The van der Waals surface area contributed by atoms with Crippen molar-refractivity contribution in [3.8, 4) is 0 Å². The van der Waals surface area contributed by atoms with Gasteiger partial charge in [0, 0.05) is 23.5 Å². The number of carbonyl (C=O) groups excluding carboxylic acids is 1. The summed E-state index contributed by atoms with van der Waals surface area (Å²) >= 11 is 1.74. The average molecular weight is 405 g/mol. The molecule has 0 spiro atoms. The Morgan fingerprint density at radius 2 is 1.83 bits per heavy atom. The fraction of sp³-hybridized carbons (Fsp3) is 0.263. The van der Waals surface area contributed by atoms with Gasteiger partial charge in [0.25, 0.3) is 0 Å². The number of hydrogen-bond donors (Lipinski definition) is 0. The van der Waals surface area contributed by atoms with Crippen molar-refractivity contribution in [3.05, 3.63) is 65.7 Å². The molecule has 5 heteroatoms. The molecule has 1 heterocycles. The Hall–Kier alpha value is -1.59. The zero-order valence-corrected chi connectivity index (χ0v) is 16.2. The Morgan fingerprint density at radius 3 is 2.50 bits per heavy atom. The number of thioether (sulfide) groups is 1. The minimum absolute atomic E-state index is 0. The van der Waals surface area contributed by atoms with Crippen molar-refractivity contribution in [3.63, 3.8) is 0 Å². The predicted octanol–water partition coefficient (Wildman–Crippen LogP) is 4.76. The van der Waals surface area contributed by atoms with Crippen molar-refractivity contribution in [2.75, 3.05) is 23.7 Å². The van der Waals surface area contributed by atoms with E-state index >= 15 is 0 Å². The molecule has 0 aromatic heterocycles. The van der Waals surface area contributed by atoms with E-state index in [9.17, 15) is 4.79 Å². The molecule has 1 aliphatic rings. The molecule has 0 N–H and O–H groups in total. The zero-order chi connectivity index (χ0) is 16.1. The standard InChI is InChI=1S/C19H20N2OS.BrH/c1-15-8-5-6-11-17(15)21(19-20-12-7-13-23-19)14-18(22)16-9-3-2-4-10-16;/h2-6,8-11H,7,12-14H2,1H3;1H. The van der Waals surface area contributed by atoms with Gasteiger partial charge in [0.1, 0.15) is 0 Å². The highest BCUT2D eigenvalue weighted by atomic mass is 79.9. The van der Waals surface area contributed by atoms with E-state index in [4.69, 9.17) is 0 Å². The summed E-state index contributed by atoms with van der Waals surface area (Å²) < 4.78 is 0. The SMILES string of the molecule is Br.Cc1ccccc1N(CC(=O)c1ccccc1)C1=NCCCS1. The Balaban J connectivity index is 0.00000208. The van der Waals surface area contributed by atoms with Crippen LogP contribution < -0.4 is 4.90 Å². The van der Waals surface area contributed by atoms with Crippen LogP contribution in [0.1, 0.15) is 22.3 Å². The van der Waals surface area contributed by atoms with Crippen LogP contribution in [-0.4, -0.2) is 29.8 Å². The number of rotatable bonds is 4. The van der Waals surface area contributed by atoms with Gasteiger partial charge < -0.3 is 4.90 Å². The maximum absolute atomic E-state index is 12.7. The number of ketones is 1. The van der Waals surface area contributed by atoms with Crippen molar-refractivity contribution in [1.29, 1.82) is 0 Å². The third-order valence-corrected chi connectivity index (χ3v) is 4.92. The molecule has 3 nitrogen and oxygen atoms in total. The van der Waals surface area contributed by atoms with Crippen LogP contribution in [0.4, 0.5) is 5.69 Å². The lowest BCUT2D eigenvalue weighted by Crippen LogP contribution is -2.36. The van der Waals surface area contributed by atoms with E-state index in [1.54, 1.807) is 11.8 Å². The smallest absolute Gasteiger partial charge is 0.182 e. The van der Waals surface area contributed by atoms with E-state index in [1.165, 1.54) is 0 Å². The average Bonchev–Trinajstić information content (AvgIpc) is 2.62. The van der Waals surface area contributed by atoms with Crippen LogP contribution in [0, 0.1) is 6.92 Å². The maximum atomic E-state index is 12.7. The van der Waals surface area contributed by atoms with Crippen LogP contribution in [0.15, 0.2) is 59.6 Å². The van der Waals surface area contributed by atoms with Crippen molar-refractivity contribution in [1.82, 2.24) is 0 Å². The highest BCUT2D eigenvalue weighted by Gasteiger charge is 2.21. The van der Waals surface area contributed by atoms with E-state index in [1.807, 2.05) is 42.5 Å². The molecule has 24 heavy (non-hydrogen) atoms. The molecule has 3 rings (SSSR count). The third kappa shape index (κ3) is 4.48. The number of benzene rings is 2. The lowest BCUT2D eigenvalue weighted by molar-refractivity contribution is 0.100. The third-order valence-electron chi connectivity index (χ3n) is 3.82. The van der Waals surface area contributed by atoms with Gasteiger partial charge >= 0.3 is 0 Å². The van der Waals surface area contributed by atoms with Gasteiger partial charge in [0.05, 0.1) is 6.54 Å². The van der Waals surface area contributed by atoms with Crippen molar-refractivity contribution in [2.24, 2.45) is 4.99 Å². The van der Waals surface area contributed by atoms with E-state index in [0.29, 0.717) is 6.54 Å². The fourth-order valence-electron chi connectivity index (χ4n) is 2.59. The zero-order valence-electron chi connectivity index (χ0n) is 13.6. The van der Waals surface area contributed by atoms with Gasteiger partial charge in [-0.2, -0.15) is 0 Å². The number of aliphatic imine (C=N–C) groups is 1. The van der Waals surface area contributed by atoms with E-state index in [0.717, 1.165) is 40.7 Å². The molecule has 126 valence electrons. The Morgan fingerprint density at radius 1 is 1.12 bits per heavy atom. The normalized spacial score (nSPS) is 13.6. The van der Waals surface area contributed by atoms with Gasteiger partial charge in [0.2, 0.25) is 0 Å². The molecule has 0 unspecified atom stereocenters. The number of aryl methyl sites for hydroxylation is 1. The summed E-state index contributed by atoms with van der Waals surface area (Å²) in [4.78, 5) is 19.4. The number of hydrogen-bond acceptors (Lipinski definition) is 4. The number of Topliss-reactive ketones (excluding diaryl/α,β-unsaturated/α-hetero) is 1. The van der Waals surface area contributed by atoms with Gasteiger partial charge in [-0.15, -0.1) is 17.0 Å². The van der Waals surface area contributed by atoms with Crippen LogP contribution in [-0.2, 0) is 0 Å². The second-order valence-electron chi connectivity index (χ2n) is 5.53.